The van der Waals surface area contributed by atoms with Crippen molar-refractivity contribution in [2.24, 2.45) is 5.41 Å². The minimum Gasteiger partial charge on any atom is -0.414 e. The largest absolute Gasteiger partial charge is 0.414 e. The lowest BCUT2D eigenvalue weighted by Gasteiger charge is -2.44. The second-order valence-corrected chi connectivity index (χ2v) is 12.8. The van der Waals surface area contributed by atoms with Gasteiger partial charge in [-0.15, -0.1) is 6.42 Å². The van der Waals surface area contributed by atoms with Crippen molar-refractivity contribution in [3.05, 3.63) is 11.1 Å². The monoisotopic (exact) mass is 278 g/mol. The highest BCUT2D eigenvalue weighted by atomic mass is 28.4. The van der Waals surface area contributed by atoms with Crippen LogP contribution in [0.25, 0.3) is 0 Å². The highest BCUT2D eigenvalue weighted by molar-refractivity contribution is 6.74. The van der Waals surface area contributed by atoms with Crippen molar-refractivity contribution in [3.8, 4) is 12.3 Å². The van der Waals surface area contributed by atoms with E-state index in [1.807, 2.05) is 0 Å². The Morgan fingerprint density at radius 2 is 1.84 bits per heavy atom. The average molecular weight is 279 g/mol. The van der Waals surface area contributed by atoms with Crippen LogP contribution in [-0.4, -0.2) is 14.4 Å². The van der Waals surface area contributed by atoms with Gasteiger partial charge in [0.05, 0.1) is 0 Å². The van der Waals surface area contributed by atoms with Gasteiger partial charge >= 0.3 is 0 Å². The van der Waals surface area contributed by atoms with Gasteiger partial charge in [0.1, 0.15) is 0 Å². The molecule has 1 atom stereocenters. The van der Waals surface area contributed by atoms with E-state index in [0.717, 1.165) is 12.8 Å². The molecule has 0 unspecified atom stereocenters. The maximum atomic E-state index is 6.58. The van der Waals surface area contributed by atoms with Crippen LogP contribution in [0, 0.1) is 17.8 Å². The van der Waals surface area contributed by atoms with Gasteiger partial charge in [-0.05, 0) is 43.3 Å². The van der Waals surface area contributed by atoms with Crippen molar-refractivity contribution >= 4 is 8.32 Å². The topological polar surface area (TPSA) is 9.23 Å². The first-order chi connectivity index (χ1) is 8.40. The minimum atomic E-state index is -1.69. The number of hydrogen-bond acceptors (Lipinski definition) is 1. The number of allylic oxidation sites excluding steroid dienone is 1. The van der Waals surface area contributed by atoms with Crippen LogP contribution in [0.1, 0.15) is 54.4 Å². The Morgan fingerprint density at radius 1 is 1.32 bits per heavy atom. The Hall–Kier alpha value is -0.523. The highest BCUT2D eigenvalue weighted by Crippen LogP contribution is 2.44. The first-order valence-electron chi connectivity index (χ1n) is 7.25. The smallest absolute Gasteiger partial charge is 0.192 e. The van der Waals surface area contributed by atoms with Gasteiger partial charge in [-0.25, -0.2) is 0 Å². The summed E-state index contributed by atoms with van der Waals surface area (Å²) in [5, 5.41) is 0.265. The van der Waals surface area contributed by atoms with Crippen LogP contribution in [0.3, 0.4) is 0 Å². The second-order valence-electron chi connectivity index (χ2n) is 8.09. The zero-order chi connectivity index (χ0) is 15.1. The Morgan fingerprint density at radius 3 is 2.21 bits per heavy atom. The van der Waals surface area contributed by atoms with Crippen LogP contribution >= 0.6 is 0 Å². The molecule has 1 aliphatic carbocycles. The molecule has 0 bridgehead atoms. The zero-order valence-electron chi connectivity index (χ0n) is 14.0. The second kappa shape index (κ2) is 5.11. The van der Waals surface area contributed by atoms with E-state index in [4.69, 9.17) is 10.8 Å². The first-order valence-corrected chi connectivity index (χ1v) is 10.2. The normalized spacial score (nSPS) is 24.3. The summed E-state index contributed by atoms with van der Waals surface area (Å²) in [6, 6.07) is 0. The third-order valence-electron chi connectivity index (χ3n) is 4.79. The number of rotatable bonds is 2. The molecule has 2 heteroatoms. The van der Waals surface area contributed by atoms with Crippen molar-refractivity contribution in [1.29, 1.82) is 0 Å². The van der Waals surface area contributed by atoms with Gasteiger partial charge in [0.2, 0.25) is 0 Å². The molecule has 1 aliphatic rings. The highest BCUT2D eigenvalue weighted by Gasteiger charge is 2.42. The van der Waals surface area contributed by atoms with Crippen LogP contribution < -0.4 is 0 Å². The predicted octanol–water partition coefficient (Wildman–Crippen LogP) is 5.15. The molecule has 19 heavy (non-hydrogen) atoms. The Balaban J connectivity index is 2.93. The van der Waals surface area contributed by atoms with Crippen LogP contribution in [0.4, 0.5) is 0 Å². The molecule has 1 rings (SSSR count). The molecule has 0 saturated heterocycles. The Bertz CT molecular complexity index is 416. The van der Waals surface area contributed by atoms with Crippen LogP contribution in [-0.2, 0) is 4.43 Å². The first kappa shape index (κ1) is 16.5. The van der Waals surface area contributed by atoms with Gasteiger partial charge in [-0.2, -0.15) is 0 Å². The fraction of sp³-hybridized carbons (Fsp3) is 0.765. The van der Waals surface area contributed by atoms with Crippen LogP contribution in [0.5, 0.6) is 0 Å². The van der Waals surface area contributed by atoms with E-state index in [9.17, 15) is 0 Å². The van der Waals surface area contributed by atoms with Crippen molar-refractivity contribution in [1.82, 2.24) is 0 Å². The molecule has 1 nitrogen and oxygen atoms in total. The van der Waals surface area contributed by atoms with Crippen molar-refractivity contribution in [3.63, 3.8) is 0 Å². The molecule has 0 radical (unpaired) electrons. The van der Waals surface area contributed by atoms with Gasteiger partial charge in [0, 0.05) is 11.7 Å². The van der Waals surface area contributed by atoms with Crippen LogP contribution in [0.2, 0.25) is 18.1 Å². The van der Waals surface area contributed by atoms with E-state index >= 15 is 0 Å². The summed E-state index contributed by atoms with van der Waals surface area (Å²) in [7, 11) is -1.69. The van der Waals surface area contributed by atoms with Crippen molar-refractivity contribution in [2.75, 3.05) is 0 Å². The van der Waals surface area contributed by atoms with Gasteiger partial charge in [0.15, 0.2) is 8.32 Å². The fourth-order valence-corrected chi connectivity index (χ4v) is 4.11. The summed E-state index contributed by atoms with van der Waals surface area (Å²) >= 11 is 0. The summed E-state index contributed by atoms with van der Waals surface area (Å²) in [5.74, 6) is 2.89. The fourth-order valence-electron chi connectivity index (χ4n) is 2.76. The molecule has 0 aromatic carbocycles. The lowest BCUT2D eigenvalue weighted by atomic mass is 9.72. The number of hydrogen-bond donors (Lipinski definition) is 0. The van der Waals surface area contributed by atoms with Crippen LogP contribution in [0.15, 0.2) is 11.1 Å². The number of terminal acetylenes is 1. The summed E-state index contributed by atoms with van der Waals surface area (Å²) < 4.78 is 6.58. The van der Waals surface area contributed by atoms with E-state index < -0.39 is 8.32 Å². The molecule has 0 saturated carbocycles. The lowest BCUT2D eigenvalue weighted by Crippen LogP contribution is -2.46. The molecule has 0 spiro atoms. The van der Waals surface area contributed by atoms with E-state index in [-0.39, 0.29) is 10.5 Å². The summed E-state index contributed by atoms with van der Waals surface area (Å²) in [4.78, 5) is 0. The molecule has 108 valence electrons. The predicted molar refractivity (Wildman–Crippen MR) is 86.6 cm³/mol. The summed E-state index contributed by atoms with van der Waals surface area (Å²) in [6.07, 6.45) is 8.03. The molecular formula is C17H30OSi. The van der Waals surface area contributed by atoms with Gasteiger partial charge < -0.3 is 4.43 Å². The Labute approximate surface area is 120 Å². The maximum Gasteiger partial charge on any atom is 0.192 e. The molecule has 0 aromatic heterocycles. The standard InChI is InChI=1S/C17H30OSi/c1-10-15-13(2)11-14(12-17(15,6)7)18-19(8,9)16(3,4)5/h1,14H,11-12H2,2-9H3/t14-/m1/s1. The third-order valence-corrected chi connectivity index (χ3v) is 9.32. The van der Waals surface area contributed by atoms with Gasteiger partial charge in [-0.1, -0.05) is 46.1 Å². The molecule has 0 aromatic rings. The van der Waals surface area contributed by atoms with Crippen molar-refractivity contribution in [2.45, 2.75) is 78.6 Å². The van der Waals surface area contributed by atoms with Gasteiger partial charge in [-0.3, -0.25) is 0 Å². The molecule has 0 amide bonds. The quantitative estimate of drug-likeness (QED) is 0.501. The molecule has 0 N–H and O–H groups in total. The Kier molecular flexibility index (Phi) is 4.44. The van der Waals surface area contributed by atoms with E-state index in [1.54, 1.807) is 0 Å². The van der Waals surface area contributed by atoms with Crippen molar-refractivity contribution < 1.29 is 4.43 Å². The van der Waals surface area contributed by atoms with E-state index in [1.165, 1.54) is 11.1 Å². The lowest BCUT2D eigenvalue weighted by molar-refractivity contribution is 0.125. The summed E-state index contributed by atoms with van der Waals surface area (Å²) in [6.45, 7) is 18.2. The van der Waals surface area contributed by atoms with E-state index in [0.29, 0.717) is 6.10 Å². The average Bonchev–Trinajstić information content (AvgIpc) is 2.12. The molecule has 0 heterocycles. The third kappa shape index (κ3) is 3.52. The minimum absolute atomic E-state index is 0.0735. The molecule has 0 fully saturated rings. The summed E-state index contributed by atoms with van der Waals surface area (Å²) in [5.41, 5.74) is 2.59. The molecular weight excluding hydrogens is 248 g/mol. The van der Waals surface area contributed by atoms with Gasteiger partial charge in [0.25, 0.3) is 0 Å². The SMILES string of the molecule is C#CC1=C(C)C[C@@H](O[Si](C)(C)C(C)(C)C)CC1(C)C. The molecule has 0 aliphatic heterocycles. The zero-order valence-corrected chi connectivity index (χ0v) is 15.0. The van der Waals surface area contributed by atoms with E-state index in [2.05, 4.69) is 60.6 Å². The maximum absolute atomic E-state index is 6.58.